The van der Waals surface area contributed by atoms with Gasteiger partial charge in [-0.1, -0.05) is 0 Å². The van der Waals surface area contributed by atoms with Gasteiger partial charge < -0.3 is 16.0 Å². The number of piperazine rings is 1. The lowest BCUT2D eigenvalue weighted by molar-refractivity contribution is -0.663. The molecule has 3 rings (SSSR count). The maximum Gasteiger partial charge on any atom is 0.148 e. The van der Waals surface area contributed by atoms with Crippen molar-refractivity contribution >= 4 is 11.4 Å². The molecule has 2 aliphatic rings. The molecule has 1 aromatic carbocycles. The molecular formula is C15H24FN4+. The zero-order valence-electron chi connectivity index (χ0n) is 11.9. The van der Waals surface area contributed by atoms with Gasteiger partial charge in [-0.05, 0) is 31.0 Å². The highest BCUT2D eigenvalue weighted by Crippen LogP contribution is 2.26. The minimum absolute atomic E-state index is 0.198. The zero-order chi connectivity index (χ0) is 13.9. The van der Waals surface area contributed by atoms with Crippen LogP contribution in [-0.4, -0.2) is 50.2 Å². The van der Waals surface area contributed by atoms with E-state index in [2.05, 4.69) is 15.1 Å². The Bertz CT molecular complexity index is 451. The Morgan fingerprint density at radius 1 is 1.10 bits per heavy atom. The zero-order valence-corrected chi connectivity index (χ0v) is 11.9. The summed E-state index contributed by atoms with van der Waals surface area (Å²) >= 11 is 0. The standard InChI is InChI=1S/C15H23FN4/c16-14-11-12(17)1-2-15(14)20-7-3-13(4-8-20)19-9-5-18-6-10-19/h1-2,11,13,18H,3-10,17H2/p+1. The second-order valence-electron chi connectivity index (χ2n) is 5.83. The van der Waals surface area contributed by atoms with E-state index in [1.807, 2.05) is 0 Å². The maximum absolute atomic E-state index is 14.0. The number of halogens is 1. The van der Waals surface area contributed by atoms with Crippen LogP contribution in [0.3, 0.4) is 0 Å². The first kappa shape index (κ1) is 13.6. The van der Waals surface area contributed by atoms with Crippen LogP contribution < -0.4 is 16.0 Å². The Labute approximate surface area is 119 Å². The van der Waals surface area contributed by atoms with Gasteiger partial charge in [0.05, 0.1) is 18.8 Å². The van der Waals surface area contributed by atoms with Gasteiger partial charge in [0.2, 0.25) is 0 Å². The van der Waals surface area contributed by atoms with Gasteiger partial charge in [-0.15, -0.1) is 0 Å². The van der Waals surface area contributed by atoms with Crippen LogP contribution in [0.1, 0.15) is 12.8 Å². The van der Waals surface area contributed by atoms with Crippen LogP contribution in [0, 0.1) is 5.82 Å². The second-order valence-corrected chi connectivity index (χ2v) is 5.83. The van der Waals surface area contributed by atoms with E-state index in [1.165, 1.54) is 32.2 Å². The van der Waals surface area contributed by atoms with E-state index < -0.39 is 0 Å². The minimum atomic E-state index is -0.198. The molecule has 0 aromatic heterocycles. The van der Waals surface area contributed by atoms with Crippen molar-refractivity contribution in [1.29, 1.82) is 0 Å². The number of nitrogen functional groups attached to an aromatic ring is 1. The van der Waals surface area contributed by atoms with Crippen LogP contribution in [-0.2, 0) is 0 Å². The molecule has 20 heavy (non-hydrogen) atoms. The van der Waals surface area contributed by atoms with Crippen LogP contribution in [0.4, 0.5) is 15.8 Å². The molecule has 2 heterocycles. The van der Waals surface area contributed by atoms with Gasteiger partial charge in [-0.3, -0.25) is 4.90 Å². The average Bonchev–Trinajstić information content (AvgIpc) is 2.48. The molecule has 0 unspecified atom stereocenters. The number of hydrogen-bond acceptors (Lipinski definition) is 3. The molecule has 110 valence electrons. The minimum Gasteiger partial charge on any atom is -0.399 e. The summed E-state index contributed by atoms with van der Waals surface area (Å²) in [6, 6.07) is 5.69. The number of hydrogen-bond donors (Lipinski definition) is 2. The molecule has 0 saturated carbocycles. The van der Waals surface area contributed by atoms with Crippen molar-refractivity contribution in [3.63, 3.8) is 0 Å². The predicted molar refractivity (Wildman–Crippen MR) is 79.3 cm³/mol. The van der Waals surface area contributed by atoms with E-state index in [0.717, 1.165) is 25.9 Å². The number of nitrogens with two attached hydrogens (primary N) is 2. The lowest BCUT2D eigenvalue weighted by atomic mass is 10.0. The molecule has 0 amide bonds. The molecular weight excluding hydrogens is 255 g/mol. The fourth-order valence-corrected chi connectivity index (χ4v) is 3.39. The van der Waals surface area contributed by atoms with Gasteiger partial charge in [0, 0.05) is 37.9 Å². The predicted octanol–water partition coefficient (Wildman–Crippen LogP) is 0.256. The molecule has 4 nitrogen and oxygen atoms in total. The molecule has 0 bridgehead atoms. The number of anilines is 2. The molecule has 0 radical (unpaired) electrons. The van der Waals surface area contributed by atoms with Crippen LogP contribution >= 0.6 is 0 Å². The van der Waals surface area contributed by atoms with E-state index in [9.17, 15) is 4.39 Å². The molecule has 5 heteroatoms. The van der Waals surface area contributed by atoms with Gasteiger partial charge in [0.15, 0.2) is 0 Å². The van der Waals surface area contributed by atoms with Gasteiger partial charge in [-0.2, -0.15) is 0 Å². The van der Waals surface area contributed by atoms with Crippen molar-refractivity contribution in [3.05, 3.63) is 24.0 Å². The van der Waals surface area contributed by atoms with Crippen molar-refractivity contribution in [2.45, 2.75) is 18.9 Å². The second kappa shape index (κ2) is 5.97. The summed E-state index contributed by atoms with van der Waals surface area (Å²) in [6.07, 6.45) is 2.26. The van der Waals surface area contributed by atoms with Crippen LogP contribution in [0.25, 0.3) is 0 Å². The SMILES string of the molecule is Nc1ccc(N2CCC(N3CC[NH2+]CC3)CC2)c(F)c1. The van der Waals surface area contributed by atoms with E-state index in [-0.39, 0.29) is 5.82 Å². The third kappa shape index (κ3) is 2.88. The normalized spacial score (nSPS) is 22.1. The summed E-state index contributed by atoms with van der Waals surface area (Å²) in [7, 11) is 0. The summed E-state index contributed by atoms with van der Waals surface area (Å²) in [5.41, 5.74) is 6.80. The topological polar surface area (TPSA) is 49.1 Å². The third-order valence-corrected chi connectivity index (χ3v) is 4.53. The highest BCUT2D eigenvalue weighted by molar-refractivity contribution is 5.54. The van der Waals surface area contributed by atoms with Gasteiger partial charge in [-0.25, -0.2) is 4.39 Å². The summed E-state index contributed by atoms with van der Waals surface area (Å²) in [6.45, 7) is 6.69. The Balaban J connectivity index is 1.60. The Hall–Kier alpha value is -1.33. The highest BCUT2D eigenvalue weighted by Gasteiger charge is 2.27. The van der Waals surface area contributed by atoms with Crippen LogP contribution in [0.15, 0.2) is 18.2 Å². The van der Waals surface area contributed by atoms with Crippen LogP contribution in [0.5, 0.6) is 0 Å². The first-order valence-corrected chi connectivity index (χ1v) is 7.60. The summed E-state index contributed by atoms with van der Waals surface area (Å²) in [4.78, 5) is 4.76. The third-order valence-electron chi connectivity index (χ3n) is 4.53. The molecule has 1 aromatic rings. The lowest BCUT2D eigenvalue weighted by Gasteiger charge is -2.40. The number of rotatable bonds is 2. The smallest absolute Gasteiger partial charge is 0.148 e. The first-order chi connectivity index (χ1) is 9.74. The fraction of sp³-hybridized carbons (Fsp3) is 0.600. The Morgan fingerprint density at radius 2 is 1.80 bits per heavy atom. The number of nitrogens with zero attached hydrogens (tertiary/aromatic N) is 2. The largest absolute Gasteiger partial charge is 0.399 e. The Morgan fingerprint density at radius 3 is 2.45 bits per heavy atom. The monoisotopic (exact) mass is 279 g/mol. The maximum atomic E-state index is 14.0. The molecule has 0 spiro atoms. The van der Waals surface area contributed by atoms with Crippen molar-refractivity contribution < 1.29 is 9.71 Å². The van der Waals surface area contributed by atoms with Crippen molar-refractivity contribution in [2.75, 3.05) is 49.9 Å². The van der Waals surface area contributed by atoms with Crippen molar-refractivity contribution in [1.82, 2.24) is 4.90 Å². The molecule has 4 N–H and O–H groups in total. The van der Waals surface area contributed by atoms with E-state index in [1.54, 1.807) is 12.1 Å². The van der Waals surface area contributed by atoms with Crippen molar-refractivity contribution in [2.24, 2.45) is 0 Å². The number of piperidine rings is 1. The molecule has 0 aliphatic carbocycles. The van der Waals surface area contributed by atoms with Crippen LogP contribution in [0.2, 0.25) is 0 Å². The lowest BCUT2D eigenvalue weighted by Crippen LogP contribution is -2.90. The molecule has 2 saturated heterocycles. The quantitative estimate of drug-likeness (QED) is 0.763. The first-order valence-electron chi connectivity index (χ1n) is 7.60. The molecule has 2 aliphatic heterocycles. The van der Waals surface area contributed by atoms with E-state index in [4.69, 9.17) is 5.73 Å². The summed E-state index contributed by atoms with van der Waals surface area (Å²) in [5.74, 6) is -0.198. The number of benzene rings is 1. The molecule has 0 atom stereocenters. The summed E-state index contributed by atoms with van der Waals surface area (Å²) < 4.78 is 14.0. The van der Waals surface area contributed by atoms with Crippen molar-refractivity contribution in [3.8, 4) is 0 Å². The fourth-order valence-electron chi connectivity index (χ4n) is 3.39. The van der Waals surface area contributed by atoms with Gasteiger partial charge in [0.25, 0.3) is 0 Å². The summed E-state index contributed by atoms with van der Waals surface area (Å²) in [5, 5.41) is 2.38. The Kier molecular flexibility index (Phi) is 4.08. The average molecular weight is 279 g/mol. The number of quaternary nitrogens is 1. The van der Waals surface area contributed by atoms with E-state index in [0.29, 0.717) is 17.4 Å². The highest BCUT2D eigenvalue weighted by atomic mass is 19.1. The van der Waals surface area contributed by atoms with Gasteiger partial charge in [0.1, 0.15) is 5.82 Å². The van der Waals surface area contributed by atoms with Gasteiger partial charge >= 0.3 is 0 Å². The van der Waals surface area contributed by atoms with E-state index >= 15 is 0 Å². The molecule has 2 fully saturated rings.